The molecule has 27 heavy (non-hydrogen) atoms. The molecule has 3 heterocycles. The quantitative estimate of drug-likeness (QED) is 0.686. The summed E-state index contributed by atoms with van der Waals surface area (Å²) in [6, 6.07) is 7.91. The van der Waals surface area contributed by atoms with Gasteiger partial charge in [-0.15, -0.1) is 10.2 Å². The molecule has 11 heteroatoms. The average Bonchev–Trinajstić information content (AvgIpc) is 3.36. The van der Waals surface area contributed by atoms with Crippen molar-refractivity contribution >= 4 is 55.8 Å². The van der Waals surface area contributed by atoms with Crippen molar-refractivity contribution in [2.45, 2.75) is 0 Å². The van der Waals surface area contributed by atoms with Crippen molar-refractivity contribution in [3.63, 3.8) is 0 Å². The van der Waals surface area contributed by atoms with Crippen molar-refractivity contribution in [1.29, 1.82) is 0 Å². The number of carbonyl (C=O) groups is 2. The molecule has 0 bridgehead atoms. The summed E-state index contributed by atoms with van der Waals surface area (Å²) in [7, 11) is 0. The summed E-state index contributed by atoms with van der Waals surface area (Å²) in [5.74, 6) is 0.653. The molecule has 3 amide bonds. The van der Waals surface area contributed by atoms with Crippen LogP contribution in [0.5, 0.6) is 0 Å². The van der Waals surface area contributed by atoms with E-state index < -0.39 is 0 Å². The van der Waals surface area contributed by atoms with E-state index in [-0.39, 0.29) is 18.5 Å². The van der Waals surface area contributed by atoms with E-state index in [1.54, 1.807) is 4.90 Å². The van der Waals surface area contributed by atoms with Gasteiger partial charge in [-0.1, -0.05) is 23.5 Å². The van der Waals surface area contributed by atoms with E-state index in [1.807, 2.05) is 12.1 Å². The molecule has 1 aliphatic rings. The highest BCUT2D eigenvalue weighted by molar-refractivity contribution is 7.14. The first kappa shape index (κ1) is 17.6. The molecule has 0 unspecified atom stereocenters. The fourth-order valence-corrected chi connectivity index (χ4v) is 4.14. The van der Waals surface area contributed by atoms with Gasteiger partial charge in [0, 0.05) is 31.6 Å². The summed E-state index contributed by atoms with van der Waals surface area (Å²) in [5.41, 5.74) is 1.53. The molecule has 0 radical (unpaired) electrons. The third kappa shape index (κ3) is 3.98. The Morgan fingerprint density at radius 2 is 1.96 bits per heavy atom. The van der Waals surface area contributed by atoms with E-state index in [0.717, 1.165) is 15.9 Å². The highest BCUT2D eigenvalue weighted by atomic mass is 32.1. The lowest BCUT2D eigenvalue weighted by Crippen LogP contribution is -2.52. The summed E-state index contributed by atoms with van der Waals surface area (Å²) in [4.78, 5) is 28.0. The number of fused-ring (bicyclic) bond motifs is 1. The van der Waals surface area contributed by atoms with Crippen LogP contribution in [0.1, 0.15) is 0 Å². The second-order valence-corrected chi connectivity index (χ2v) is 7.57. The van der Waals surface area contributed by atoms with Crippen molar-refractivity contribution < 1.29 is 9.59 Å². The highest BCUT2D eigenvalue weighted by Gasteiger charge is 2.23. The molecule has 2 N–H and O–H groups in total. The Hall–Kier alpha value is -2.79. The third-order valence-corrected chi connectivity index (χ3v) is 5.65. The number of aromatic nitrogens is 3. The number of rotatable bonds is 4. The van der Waals surface area contributed by atoms with E-state index >= 15 is 0 Å². The van der Waals surface area contributed by atoms with Gasteiger partial charge in [0.15, 0.2) is 0 Å². The molecular weight excluding hydrogens is 386 g/mol. The van der Waals surface area contributed by atoms with Crippen LogP contribution in [0.4, 0.5) is 15.7 Å². The molecule has 9 nitrogen and oxygen atoms in total. The highest BCUT2D eigenvalue weighted by Crippen LogP contribution is 2.29. The molecule has 1 fully saturated rings. The van der Waals surface area contributed by atoms with E-state index in [4.69, 9.17) is 0 Å². The lowest BCUT2D eigenvalue weighted by molar-refractivity contribution is -0.115. The molecule has 0 atom stereocenters. The Morgan fingerprint density at radius 1 is 1.15 bits per heavy atom. The number of hydrogen-bond acceptors (Lipinski definition) is 8. The minimum absolute atomic E-state index is 0.102. The molecular formula is C16H17N7O2S2. The van der Waals surface area contributed by atoms with Crippen LogP contribution in [-0.4, -0.2) is 64.1 Å². The zero-order chi connectivity index (χ0) is 18.6. The molecule has 0 saturated carbocycles. The van der Waals surface area contributed by atoms with Crippen LogP contribution in [0.3, 0.4) is 0 Å². The van der Waals surface area contributed by atoms with Crippen LogP contribution in [0.25, 0.3) is 10.1 Å². The maximum atomic E-state index is 12.3. The fourth-order valence-electron chi connectivity index (χ4n) is 2.88. The van der Waals surface area contributed by atoms with Crippen molar-refractivity contribution in [2.75, 3.05) is 42.9 Å². The van der Waals surface area contributed by atoms with E-state index in [1.165, 1.54) is 28.4 Å². The SMILES string of the molecule is O=C(CNC(=O)N1CCN(c2nsc3ccccc23)CC1)Nc1nncs1. The van der Waals surface area contributed by atoms with Crippen molar-refractivity contribution in [3.8, 4) is 0 Å². The smallest absolute Gasteiger partial charge is 0.317 e. The Kier molecular flexibility index (Phi) is 5.12. The lowest BCUT2D eigenvalue weighted by atomic mass is 10.2. The van der Waals surface area contributed by atoms with Gasteiger partial charge in [-0.25, -0.2) is 4.79 Å². The van der Waals surface area contributed by atoms with Gasteiger partial charge in [-0.2, -0.15) is 4.37 Å². The van der Waals surface area contributed by atoms with Crippen LogP contribution in [0.2, 0.25) is 0 Å². The lowest BCUT2D eigenvalue weighted by Gasteiger charge is -2.35. The standard InChI is InChI=1S/C16H17N7O2S2/c24-13(19-15-20-18-10-26-15)9-17-16(25)23-7-5-22(6-8-23)14-11-3-1-2-4-12(11)27-21-14/h1-4,10H,5-9H2,(H,17,25)(H,19,20,24). The van der Waals surface area contributed by atoms with Gasteiger partial charge in [0.25, 0.3) is 0 Å². The minimum atomic E-state index is -0.326. The Bertz CT molecular complexity index is 935. The number of nitrogens with one attached hydrogen (secondary N) is 2. The summed E-state index contributed by atoms with van der Waals surface area (Å²) in [6.07, 6.45) is 0. The van der Waals surface area contributed by atoms with Crippen LogP contribution in [-0.2, 0) is 4.79 Å². The number of piperazine rings is 1. The molecule has 1 aliphatic heterocycles. The molecule has 1 saturated heterocycles. The number of carbonyl (C=O) groups excluding carboxylic acids is 2. The number of amides is 3. The van der Waals surface area contributed by atoms with Crippen LogP contribution in [0.15, 0.2) is 29.8 Å². The first-order valence-electron chi connectivity index (χ1n) is 8.39. The molecule has 140 valence electrons. The predicted molar refractivity (Wildman–Crippen MR) is 105 cm³/mol. The van der Waals surface area contributed by atoms with Crippen LogP contribution < -0.4 is 15.5 Å². The molecule has 3 aromatic rings. The van der Waals surface area contributed by atoms with Gasteiger partial charge in [-0.3, -0.25) is 10.1 Å². The molecule has 1 aromatic carbocycles. The normalized spacial score (nSPS) is 14.4. The van der Waals surface area contributed by atoms with Crippen LogP contribution >= 0.6 is 22.9 Å². The van der Waals surface area contributed by atoms with Gasteiger partial charge >= 0.3 is 6.03 Å². The number of hydrogen-bond donors (Lipinski definition) is 2. The summed E-state index contributed by atoms with van der Waals surface area (Å²) < 4.78 is 5.73. The Labute approximate surface area is 163 Å². The van der Waals surface area contributed by atoms with Gasteiger partial charge in [0.1, 0.15) is 11.3 Å². The number of benzene rings is 1. The fraction of sp³-hybridized carbons (Fsp3) is 0.312. The minimum Gasteiger partial charge on any atom is -0.352 e. The predicted octanol–water partition coefficient (Wildman–Crippen LogP) is 1.62. The third-order valence-electron chi connectivity index (χ3n) is 4.23. The van der Waals surface area contributed by atoms with Gasteiger partial charge in [0.2, 0.25) is 11.0 Å². The first-order chi connectivity index (χ1) is 13.2. The van der Waals surface area contributed by atoms with E-state index in [2.05, 4.69) is 42.2 Å². The first-order valence-corrected chi connectivity index (χ1v) is 10.0. The number of anilines is 2. The Morgan fingerprint density at radius 3 is 2.74 bits per heavy atom. The van der Waals surface area contributed by atoms with Crippen molar-refractivity contribution in [2.24, 2.45) is 0 Å². The average molecular weight is 403 g/mol. The van der Waals surface area contributed by atoms with Crippen molar-refractivity contribution in [1.82, 2.24) is 24.8 Å². The topological polar surface area (TPSA) is 103 Å². The largest absolute Gasteiger partial charge is 0.352 e. The van der Waals surface area contributed by atoms with Gasteiger partial charge in [-0.05, 0) is 23.7 Å². The van der Waals surface area contributed by atoms with E-state index in [9.17, 15) is 9.59 Å². The monoisotopic (exact) mass is 403 g/mol. The van der Waals surface area contributed by atoms with Crippen LogP contribution in [0, 0.1) is 0 Å². The Balaban J connectivity index is 1.27. The zero-order valence-corrected chi connectivity index (χ0v) is 15.9. The maximum absolute atomic E-state index is 12.3. The second kappa shape index (κ2) is 7.84. The molecule has 2 aromatic heterocycles. The maximum Gasteiger partial charge on any atom is 0.317 e. The summed E-state index contributed by atoms with van der Waals surface area (Å²) in [6.45, 7) is 2.47. The van der Waals surface area contributed by atoms with Gasteiger partial charge in [0.05, 0.1) is 11.2 Å². The molecule has 0 spiro atoms. The van der Waals surface area contributed by atoms with Crippen molar-refractivity contribution in [3.05, 3.63) is 29.8 Å². The second-order valence-electron chi connectivity index (χ2n) is 5.93. The molecule has 4 rings (SSSR count). The number of urea groups is 1. The summed E-state index contributed by atoms with van der Waals surface area (Å²) in [5, 5.41) is 14.2. The number of nitrogens with zero attached hydrogens (tertiary/aromatic N) is 5. The van der Waals surface area contributed by atoms with E-state index in [0.29, 0.717) is 31.3 Å². The molecule has 0 aliphatic carbocycles. The zero-order valence-electron chi connectivity index (χ0n) is 14.3. The summed E-state index contributed by atoms with van der Waals surface area (Å²) >= 11 is 2.71. The van der Waals surface area contributed by atoms with Gasteiger partial charge < -0.3 is 15.1 Å².